The van der Waals surface area contributed by atoms with Gasteiger partial charge in [0.2, 0.25) is 6.23 Å². The number of ether oxygens (including phenoxy) is 2. The molecule has 1 saturated heterocycles. The zero-order chi connectivity index (χ0) is 19.0. The number of hydrogen-bond donors (Lipinski definition) is 3. The summed E-state index contributed by atoms with van der Waals surface area (Å²) in [5.41, 5.74) is -1.90. The Hall–Kier alpha value is -2.11. The first kappa shape index (κ1) is 19.2. The number of nitrogens with one attached hydrogen (secondary N) is 1. The molecule has 1 amide bonds. The number of nitrogens with zero attached hydrogens (tertiary/aromatic N) is 2. The van der Waals surface area contributed by atoms with Crippen molar-refractivity contribution in [1.29, 1.82) is 0 Å². The van der Waals surface area contributed by atoms with Gasteiger partial charge in [-0.1, -0.05) is 0 Å². The Labute approximate surface area is 141 Å². The highest BCUT2D eigenvalue weighted by Crippen LogP contribution is 2.41. The first-order valence-electron chi connectivity index (χ1n) is 7.37. The number of aliphatic hydroxyl groups excluding tert-OH is 2. The first-order chi connectivity index (χ1) is 11.5. The van der Waals surface area contributed by atoms with Gasteiger partial charge in [-0.25, -0.2) is 9.59 Å². The molecule has 0 radical (unpaired) electrons. The summed E-state index contributed by atoms with van der Waals surface area (Å²) in [6.07, 6.45) is -5.86. The topological polar surface area (TPSA) is 123 Å². The number of rotatable bonds is 3. The van der Waals surface area contributed by atoms with E-state index in [1.54, 1.807) is 20.8 Å². The van der Waals surface area contributed by atoms with Crippen LogP contribution >= 0.6 is 0 Å². The summed E-state index contributed by atoms with van der Waals surface area (Å²) in [6, 6.07) is 1.10. The molecule has 2 unspecified atom stereocenters. The molecule has 11 heteroatoms. The van der Waals surface area contributed by atoms with Crippen molar-refractivity contribution in [1.82, 2.24) is 9.55 Å². The van der Waals surface area contributed by atoms with Gasteiger partial charge in [-0.3, -0.25) is 9.88 Å². The van der Waals surface area contributed by atoms with E-state index in [2.05, 4.69) is 10.3 Å². The van der Waals surface area contributed by atoms with Crippen molar-refractivity contribution in [3.63, 3.8) is 0 Å². The van der Waals surface area contributed by atoms with Gasteiger partial charge < -0.3 is 19.7 Å². The van der Waals surface area contributed by atoms with Gasteiger partial charge in [0.1, 0.15) is 17.5 Å². The van der Waals surface area contributed by atoms with Gasteiger partial charge in [-0.2, -0.15) is 13.8 Å². The predicted octanol–water partition coefficient (Wildman–Crippen LogP) is 0.476. The Bertz CT molecular complexity index is 703. The lowest BCUT2D eigenvalue weighted by Gasteiger charge is -2.21. The maximum Gasteiger partial charge on any atom is 0.413 e. The second kappa shape index (κ2) is 6.65. The van der Waals surface area contributed by atoms with Crippen LogP contribution in [0.5, 0.6) is 0 Å². The smallest absolute Gasteiger partial charge is 0.413 e. The third-order valence-corrected chi connectivity index (χ3v) is 3.27. The second-order valence-electron chi connectivity index (χ2n) is 6.46. The van der Waals surface area contributed by atoms with Gasteiger partial charge in [0, 0.05) is 6.20 Å². The van der Waals surface area contributed by atoms with Crippen molar-refractivity contribution in [2.75, 3.05) is 11.9 Å². The third-order valence-electron chi connectivity index (χ3n) is 3.27. The first-order valence-corrected chi connectivity index (χ1v) is 7.37. The molecule has 140 valence electrons. The molecule has 0 bridgehead atoms. The molecule has 3 atom stereocenters. The Balaban J connectivity index is 2.20. The summed E-state index contributed by atoms with van der Waals surface area (Å²) in [4.78, 5) is 27.1. The molecule has 1 aromatic heterocycles. The molecule has 1 aliphatic heterocycles. The van der Waals surface area contributed by atoms with E-state index in [-0.39, 0.29) is 5.82 Å². The van der Waals surface area contributed by atoms with E-state index >= 15 is 0 Å². The summed E-state index contributed by atoms with van der Waals surface area (Å²) in [7, 11) is 0. The van der Waals surface area contributed by atoms with Crippen LogP contribution in [0.2, 0.25) is 0 Å². The van der Waals surface area contributed by atoms with E-state index in [1.165, 1.54) is 0 Å². The zero-order valence-corrected chi connectivity index (χ0v) is 13.8. The molecular formula is C14H19F2N3O6. The molecule has 1 fully saturated rings. The van der Waals surface area contributed by atoms with E-state index < -0.39 is 48.3 Å². The van der Waals surface area contributed by atoms with Crippen LogP contribution < -0.4 is 11.0 Å². The summed E-state index contributed by atoms with van der Waals surface area (Å²) < 4.78 is 38.4. The molecule has 9 nitrogen and oxygen atoms in total. The highest BCUT2D eigenvalue weighted by atomic mass is 19.3. The molecular weight excluding hydrogens is 344 g/mol. The van der Waals surface area contributed by atoms with Crippen LogP contribution in [0.15, 0.2) is 17.1 Å². The van der Waals surface area contributed by atoms with Crippen molar-refractivity contribution >= 4 is 11.9 Å². The van der Waals surface area contributed by atoms with Crippen LogP contribution in [0.3, 0.4) is 0 Å². The Kier molecular flexibility index (Phi) is 5.11. The molecule has 2 heterocycles. The molecule has 1 aliphatic rings. The van der Waals surface area contributed by atoms with Gasteiger partial charge in [0.05, 0.1) is 6.61 Å². The lowest BCUT2D eigenvalue weighted by atomic mass is 10.1. The van der Waals surface area contributed by atoms with Crippen molar-refractivity contribution in [2.45, 2.75) is 50.7 Å². The van der Waals surface area contributed by atoms with Crippen LogP contribution in [-0.4, -0.2) is 56.2 Å². The normalized spacial score (nSPS) is 25.6. The van der Waals surface area contributed by atoms with E-state index in [0.29, 0.717) is 4.57 Å². The highest BCUT2D eigenvalue weighted by molar-refractivity contribution is 5.83. The van der Waals surface area contributed by atoms with E-state index in [9.17, 15) is 23.5 Å². The molecule has 25 heavy (non-hydrogen) atoms. The summed E-state index contributed by atoms with van der Waals surface area (Å²) in [5.74, 6) is -4.00. The van der Waals surface area contributed by atoms with Crippen molar-refractivity contribution < 1.29 is 33.3 Å². The predicted molar refractivity (Wildman–Crippen MR) is 80.3 cm³/mol. The fourth-order valence-electron chi connectivity index (χ4n) is 2.19. The number of amides is 1. The number of carbonyl (C=O) groups excluding carboxylic acids is 1. The standard InChI is InChI=1S/C14H19F2N3O6/c1-13(2,3)25-12(23)18-8-4-5-19(11(22)17-8)10-14(15,16)9(21)7(6-20)24-10/h4-5,7,9-10,20-21H,6H2,1-3H3,(H,17,18,22,23)/t7?,9-,10?/m1/s1. The number of halogens is 2. The number of carbonyl (C=O) groups is 1. The minimum atomic E-state index is -3.81. The maximum atomic E-state index is 14.0. The van der Waals surface area contributed by atoms with Crippen molar-refractivity contribution in [3.8, 4) is 0 Å². The van der Waals surface area contributed by atoms with Crippen LogP contribution in [0.1, 0.15) is 27.0 Å². The molecule has 0 aromatic carbocycles. The molecule has 0 saturated carbocycles. The summed E-state index contributed by atoms with van der Waals surface area (Å²) >= 11 is 0. The van der Waals surface area contributed by atoms with Crippen LogP contribution in [0, 0.1) is 0 Å². The molecule has 1 aromatic rings. The Morgan fingerprint density at radius 3 is 2.64 bits per heavy atom. The molecule has 0 spiro atoms. The van der Waals surface area contributed by atoms with Gasteiger partial charge >= 0.3 is 17.7 Å². The minimum Gasteiger partial charge on any atom is -0.444 e. The number of aliphatic hydroxyl groups is 2. The number of anilines is 1. The number of aromatic nitrogens is 2. The van der Waals surface area contributed by atoms with E-state index in [4.69, 9.17) is 14.6 Å². The lowest BCUT2D eigenvalue weighted by Crippen LogP contribution is -2.41. The minimum absolute atomic E-state index is 0.198. The number of alkyl halides is 2. The second-order valence-corrected chi connectivity index (χ2v) is 6.46. The SMILES string of the molecule is CC(C)(C)OC(=O)Nc1ccn(C2OC(CO)[C@@H](O)C2(F)F)c(=O)n1. The average Bonchev–Trinajstić information content (AvgIpc) is 2.68. The van der Waals surface area contributed by atoms with Crippen molar-refractivity contribution in [3.05, 3.63) is 22.7 Å². The Morgan fingerprint density at radius 1 is 1.52 bits per heavy atom. The molecule has 3 N–H and O–H groups in total. The molecule has 0 aliphatic carbocycles. The van der Waals surface area contributed by atoms with Crippen molar-refractivity contribution in [2.24, 2.45) is 0 Å². The lowest BCUT2D eigenvalue weighted by molar-refractivity contribution is -0.140. The van der Waals surface area contributed by atoms with Crippen LogP contribution in [-0.2, 0) is 9.47 Å². The number of hydrogen-bond acceptors (Lipinski definition) is 7. The van der Waals surface area contributed by atoms with Gasteiger partial charge in [0.15, 0.2) is 6.10 Å². The largest absolute Gasteiger partial charge is 0.444 e. The van der Waals surface area contributed by atoms with E-state index in [0.717, 1.165) is 12.3 Å². The fourth-order valence-corrected chi connectivity index (χ4v) is 2.19. The van der Waals surface area contributed by atoms with Gasteiger partial charge in [-0.05, 0) is 26.8 Å². The summed E-state index contributed by atoms with van der Waals surface area (Å²) in [6.45, 7) is 4.08. The van der Waals surface area contributed by atoms with Gasteiger partial charge in [-0.15, -0.1) is 0 Å². The maximum absolute atomic E-state index is 14.0. The Morgan fingerprint density at radius 2 is 2.16 bits per heavy atom. The van der Waals surface area contributed by atoms with Gasteiger partial charge in [0.25, 0.3) is 0 Å². The highest BCUT2D eigenvalue weighted by Gasteiger charge is 2.59. The van der Waals surface area contributed by atoms with E-state index in [1.807, 2.05) is 0 Å². The monoisotopic (exact) mass is 363 g/mol. The molecule has 2 rings (SSSR count). The fraction of sp³-hybridized carbons (Fsp3) is 0.643. The zero-order valence-electron chi connectivity index (χ0n) is 13.8. The van der Waals surface area contributed by atoms with Crippen LogP contribution in [0.25, 0.3) is 0 Å². The quantitative estimate of drug-likeness (QED) is 0.713. The summed E-state index contributed by atoms with van der Waals surface area (Å²) in [5, 5.41) is 20.6. The average molecular weight is 363 g/mol. The third kappa shape index (κ3) is 4.11. The van der Waals surface area contributed by atoms with Crippen LogP contribution in [0.4, 0.5) is 19.4 Å².